The molecule has 2 atom stereocenters. The van der Waals surface area contributed by atoms with E-state index in [1.54, 1.807) is 0 Å². The van der Waals surface area contributed by atoms with Crippen LogP contribution in [0.4, 0.5) is 8.78 Å². The average molecular weight is 240 g/mol. The quantitative estimate of drug-likeness (QED) is 0.794. The molecule has 1 nitrogen and oxygen atoms in total. The minimum absolute atomic E-state index is 0.0344. The van der Waals surface area contributed by atoms with Crippen molar-refractivity contribution in [2.75, 3.05) is 0 Å². The van der Waals surface area contributed by atoms with Crippen molar-refractivity contribution < 1.29 is 13.9 Å². The Morgan fingerprint density at radius 3 is 2.59 bits per heavy atom. The van der Waals surface area contributed by atoms with Crippen LogP contribution in [0.2, 0.25) is 0 Å². The Morgan fingerprint density at radius 2 is 1.94 bits per heavy atom. The summed E-state index contributed by atoms with van der Waals surface area (Å²) in [5, 5.41) is 10.6. The van der Waals surface area contributed by atoms with E-state index >= 15 is 0 Å². The van der Waals surface area contributed by atoms with Crippen LogP contribution in [-0.4, -0.2) is 5.11 Å². The highest BCUT2D eigenvalue weighted by Gasteiger charge is 2.40. The maximum Gasteiger partial charge on any atom is 0.165 e. The molecule has 0 aliphatic heterocycles. The first-order chi connectivity index (χ1) is 7.97. The SMILES string of the molecule is Cc1ccc(C2(O)CCCCC2C)c(F)c1F. The third kappa shape index (κ3) is 1.97. The minimum atomic E-state index is -1.21. The van der Waals surface area contributed by atoms with E-state index in [1.807, 2.05) is 6.92 Å². The lowest BCUT2D eigenvalue weighted by molar-refractivity contribution is -0.0500. The molecule has 2 rings (SSSR count). The Bertz CT molecular complexity index is 430. The van der Waals surface area contributed by atoms with Crippen LogP contribution in [0.15, 0.2) is 12.1 Å². The summed E-state index contributed by atoms with van der Waals surface area (Å²) in [5.74, 6) is -1.76. The first-order valence-electron chi connectivity index (χ1n) is 6.14. The second-order valence-electron chi connectivity index (χ2n) is 5.13. The topological polar surface area (TPSA) is 20.2 Å². The summed E-state index contributed by atoms with van der Waals surface area (Å²) in [6, 6.07) is 3.06. The number of benzene rings is 1. The highest BCUT2D eigenvalue weighted by atomic mass is 19.2. The molecule has 17 heavy (non-hydrogen) atoms. The van der Waals surface area contributed by atoms with Crippen LogP contribution < -0.4 is 0 Å². The largest absolute Gasteiger partial charge is 0.385 e. The van der Waals surface area contributed by atoms with E-state index in [1.165, 1.54) is 19.1 Å². The molecule has 1 aliphatic rings. The predicted molar refractivity (Wildman–Crippen MR) is 62.6 cm³/mol. The van der Waals surface area contributed by atoms with Crippen LogP contribution in [0.1, 0.15) is 43.7 Å². The molecular weight excluding hydrogens is 222 g/mol. The molecule has 0 amide bonds. The van der Waals surface area contributed by atoms with Gasteiger partial charge in [0.25, 0.3) is 0 Å². The number of aliphatic hydroxyl groups is 1. The van der Waals surface area contributed by atoms with E-state index in [4.69, 9.17) is 0 Å². The molecule has 0 heterocycles. The van der Waals surface area contributed by atoms with E-state index in [0.29, 0.717) is 6.42 Å². The zero-order chi connectivity index (χ0) is 12.6. The predicted octanol–water partition coefficient (Wildman–Crippen LogP) is 3.67. The van der Waals surface area contributed by atoms with Crippen LogP contribution in [0.3, 0.4) is 0 Å². The van der Waals surface area contributed by atoms with Crippen LogP contribution >= 0.6 is 0 Å². The van der Waals surface area contributed by atoms with E-state index in [-0.39, 0.29) is 17.0 Å². The van der Waals surface area contributed by atoms with Gasteiger partial charge in [-0.2, -0.15) is 0 Å². The van der Waals surface area contributed by atoms with Crippen molar-refractivity contribution in [1.29, 1.82) is 0 Å². The summed E-state index contributed by atoms with van der Waals surface area (Å²) in [5.41, 5.74) is -0.817. The zero-order valence-electron chi connectivity index (χ0n) is 10.3. The van der Waals surface area contributed by atoms with Gasteiger partial charge in [0.2, 0.25) is 0 Å². The van der Waals surface area contributed by atoms with Gasteiger partial charge in [-0.05, 0) is 31.2 Å². The summed E-state index contributed by atoms with van der Waals surface area (Å²) in [4.78, 5) is 0. The molecule has 1 saturated carbocycles. The van der Waals surface area contributed by atoms with Crippen molar-refractivity contribution in [3.8, 4) is 0 Å². The normalized spacial score (nSPS) is 29.4. The monoisotopic (exact) mass is 240 g/mol. The molecule has 1 aromatic carbocycles. The van der Waals surface area contributed by atoms with E-state index in [0.717, 1.165) is 19.3 Å². The summed E-state index contributed by atoms with van der Waals surface area (Å²) >= 11 is 0. The maximum atomic E-state index is 13.9. The van der Waals surface area contributed by atoms with Gasteiger partial charge in [0, 0.05) is 5.56 Å². The number of halogens is 2. The fourth-order valence-corrected chi connectivity index (χ4v) is 2.71. The second kappa shape index (κ2) is 4.37. The molecule has 1 N–H and O–H groups in total. The van der Waals surface area contributed by atoms with Crippen molar-refractivity contribution in [3.05, 3.63) is 34.9 Å². The van der Waals surface area contributed by atoms with Crippen LogP contribution in [0.25, 0.3) is 0 Å². The molecule has 3 heteroatoms. The molecule has 0 aromatic heterocycles. The molecule has 1 aliphatic carbocycles. The molecule has 0 bridgehead atoms. The summed E-state index contributed by atoms with van der Waals surface area (Å²) in [7, 11) is 0. The van der Waals surface area contributed by atoms with Gasteiger partial charge in [-0.25, -0.2) is 8.78 Å². The average Bonchev–Trinajstić information content (AvgIpc) is 2.30. The molecule has 0 spiro atoms. The number of aryl methyl sites for hydroxylation is 1. The first-order valence-corrected chi connectivity index (χ1v) is 6.14. The van der Waals surface area contributed by atoms with Gasteiger partial charge in [0.1, 0.15) is 0 Å². The third-order valence-electron chi connectivity index (χ3n) is 4.00. The third-order valence-corrected chi connectivity index (χ3v) is 4.00. The molecule has 0 saturated heterocycles. The number of rotatable bonds is 1. The highest BCUT2D eigenvalue weighted by molar-refractivity contribution is 5.30. The van der Waals surface area contributed by atoms with Crippen molar-refractivity contribution >= 4 is 0 Å². The lowest BCUT2D eigenvalue weighted by Gasteiger charge is -2.38. The lowest BCUT2D eigenvalue weighted by Crippen LogP contribution is -2.37. The summed E-state index contributed by atoms with van der Waals surface area (Å²) in [6.07, 6.45) is 3.26. The van der Waals surface area contributed by atoms with Gasteiger partial charge in [0.05, 0.1) is 5.60 Å². The fourth-order valence-electron chi connectivity index (χ4n) is 2.71. The molecular formula is C14H18F2O. The second-order valence-corrected chi connectivity index (χ2v) is 5.13. The van der Waals surface area contributed by atoms with Crippen LogP contribution in [0.5, 0.6) is 0 Å². The van der Waals surface area contributed by atoms with Gasteiger partial charge in [0.15, 0.2) is 11.6 Å². The van der Waals surface area contributed by atoms with E-state index < -0.39 is 17.2 Å². The molecule has 1 aromatic rings. The minimum Gasteiger partial charge on any atom is -0.385 e. The van der Waals surface area contributed by atoms with Crippen molar-refractivity contribution in [2.45, 2.75) is 45.1 Å². The zero-order valence-corrected chi connectivity index (χ0v) is 10.3. The number of hydrogen-bond donors (Lipinski definition) is 1. The summed E-state index contributed by atoms with van der Waals surface area (Å²) < 4.78 is 27.5. The molecule has 94 valence electrons. The van der Waals surface area contributed by atoms with Gasteiger partial charge < -0.3 is 5.11 Å². The Kier molecular flexibility index (Phi) is 3.21. The number of hydrogen-bond acceptors (Lipinski definition) is 1. The molecule has 1 fully saturated rings. The smallest absolute Gasteiger partial charge is 0.165 e. The summed E-state index contributed by atoms with van der Waals surface area (Å²) in [6.45, 7) is 3.42. The van der Waals surface area contributed by atoms with Crippen LogP contribution in [-0.2, 0) is 5.60 Å². The maximum absolute atomic E-state index is 13.9. The van der Waals surface area contributed by atoms with Gasteiger partial charge in [-0.15, -0.1) is 0 Å². The Balaban J connectivity index is 2.49. The standard InChI is InChI=1S/C14H18F2O/c1-9-6-7-11(13(16)12(9)15)14(17)8-4-3-5-10(14)2/h6-7,10,17H,3-5,8H2,1-2H3. The van der Waals surface area contributed by atoms with Gasteiger partial charge in [-0.3, -0.25) is 0 Å². The first kappa shape index (κ1) is 12.5. The highest BCUT2D eigenvalue weighted by Crippen LogP contribution is 2.42. The van der Waals surface area contributed by atoms with Crippen LogP contribution in [0, 0.1) is 24.5 Å². The molecule has 0 radical (unpaired) electrons. The van der Waals surface area contributed by atoms with Crippen molar-refractivity contribution in [3.63, 3.8) is 0 Å². The van der Waals surface area contributed by atoms with E-state index in [2.05, 4.69) is 0 Å². The Labute approximate surface area is 100 Å². The van der Waals surface area contributed by atoms with Crippen molar-refractivity contribution in [2.24, 2.45) is 5.92 Å². The van der Waals surface area contributed by atoms with Gasteiger partial charge >= 0.3 is 0 Å². The Morgan fingerprint density at radius 1 is 1.24 bits per heavy atom. The lowest BCUT2D eigenvalue weighted by atomic mass is 9.72. The van der Waals surface area contributed by atoms with Gasteiger partial charge in [-0.1, -0.05) is 31.9 Å². The fraction of sp³-hybridized carbons (Fsp3) is 0.571. The van der Waals surface area contributed by atoms with Crippen molar-refractivity contribution in [1.82, 2.24) is 0 Å². The Hall–Kier alpha value is -0.960. The van der Waals surface area contributed by atoms with E-state index in [9.17, 15) is 13.9 Å². The molecule has 2 unspecified atom stereocenters.